The van der Waals surface area contributed by atoms with E-state index in [-0.39, 0.29) is 5.54 Å². The number of piperidine rings is 1. The minimum absolute atomic E-state index is 0.194. The van der Waals surface area contributed by atoms with Crippen molar-refractivity contribution in [2.24, 2.45) is 4.99 Å². The lowest BCUT2D eigenvalue weighted by Gasteiger charge is -2.50. The lowest BCUT2D eigenvalue weighted by molar-refractivity contribution is -0.0432. The first kappa shape index (κ1) is 20.1. The lowest BCUT2D eigenvalue weighted by atomic mass is 9.85. The third-order valence-corrected chi connectivity index (χ3v) is 5.85. The molecule has 1 aromatic rings. The molecule has 2 aliphatic heterocycles. The molecule has 2 saturated heterocycles. The van der Waals surface area contributed by atoms with Gasteiger partial charge in [0.15, 0.2) is 5.96 Å². The van der Waals surface area contributed by atoms with Crippen LogP contribution in [0, 0.1) is 0 Å². The van der Waals surface area contributed by atoms with Gasteiger partial charge in [-0.15, -0.1) is 0 Å². The van der Waals surface area contributed by atoms with E-state index in [0.29, 0.717) is 6.54 Å². The summed E-state index contributed by atoms with van der Waals surface area (Å²) in [5.74, 6) is 0.963. The van der Waals surface area contributed by atoms with E-state index in [9.17, 15) is 0 Å². The number of benzene rings is 1. The summed E-state index contributed by atoms with van der Waals surface area (Å²) in [5, 5.41) is 3.69. The Morgan fingerprint density at radius 1 is 1.11 bits per heavy atom. The highest BCUT2D eigenvalue weighted by Gasteiger charge is 2.40. The maximum atomic E-state index is 5.60. The third-order valence-electron chi connectivity index (χ3n) is 5.85. The summed E-state index contributed by atoms with van der Waals surface area (Å²) >= 11 is 0. The highest BCUT2D eigenvalue weighted by atomic mass is 16.5. The Balaban J connectivity index is 1.68. The van der Waals surface area contributed by atoms with E-state index >= 15 is 0 Å². The number of nitrogens with one attached hydrogen (secondary N) is 1. The van der Waals surface area contributed by atoms with E-state index in [1.807, 2.05) is 6.07 Å². The topological polar surface area (TPSA) is 43.3 Å². The van der Waals surface area contributed by atoms with Crippen molar-refractivity contribution in [3.63, 3.8) is 0 Å². The van der Waals surface area contributed by atoms with Gasteiger partial charge in [-0.2, -0.15) is 0 Å². The predicted molar refractivity (Wildman–Crippen MR) is 111 cm³/mol. The second-order valence-corrected chi connectivity index (χ2v) is 8.00. The Morgan fingerprint density at radius 2 is 1.78 bits per heavy atom. The molecule has 0 atom stereocenters. The molecular formula is C21H35N5O. The maximum Gasteiger partial charge on any atom is 0.193 e. The molecule has 0 amide bonds. The summed E-state index contributed by atoms with van der Waals surface area (Å²) in [7, 11) is 6.35. The van der Waals surface area contributed by atoms with Crippen LogP contribution in [0.3, 0.4) is 0 Å². The van der Waals surface area contributed by atoms with E-state index in [1.54, 1.807) is 0 Å². The standard InChI is InChI=1S/C21H35N5O/c1-24(2)20(22-17-19-7-5-4-6-8-19)23-18-21(9-11-25(3)12-10-21)26-13-15-27-16-14-26/h4-8H,9-18H2,1-3H3,(H,22,23). The molecule has 0 saturated carbocycles. The van der Waals surface area contributed by atoms with E-state index in [1.165, 1.54) is 18.4 Å². The predicted octanol–water partition coefficient (Wildman–Crippen LogP) is 1.49. The Labute approximate surface area is 164 Å². The van der Waals surface area contributed by atoms with Crippen molar-refractivity contribution in [3.05, 3.63) is 35.9 Å². The van der Waals surface area contributed by atoms with Gasteiger partial charge in [0.1, 0.15) is 0 Å². The zero-order valence-electron chi connectivity index (χ0n) is 17.2. The van der Waals surface area contributed by atoms with Crippen molar-refractivity contribution < 1.29 is 4.74 Å². The minimum Gasteiger partial charge on any atom is -0.379 e. The highest BCUT2D eigenvalue weighted by Crippen LogP contribution is 2.29. The lowest BCUT2D eigenvalue weighted by Crippen LogP contribution is -2.63. The molecule has 1 aromatic carbocycles. The SMILES string of the molecule is CN1CCC(CNC(=NCc2ccccc2)N(C)C)(N2CCOCC2)CC1. The van der Waals surface area contributed by atoms with Gasteiger partial charge in [-0.3, -0.25) is 4.90 Å². The molecule has 0 spiro atoms. The fourth-order valence-corrected chi connectivity index (χ4v) is 4.03. The van der Waals surface area contributed by atoms with Gasteiger partial charge in [-0.05, 0) is 38.5 Å². The molecule has 0 aromatic heterocycles. The zero-order chi connectivity index (χ0) is 19.1. The van der Waals surface area contributed by atoms with Gasteiger partial charge in [0.25, 0.3) is 0 Å². The molecular weight excluding hydrogens is 338 g/mol. The summed E-state index contributed by atoms with van der Waals surface area (Å²) in [6.07, 6.45) is 2.38. The molecule has 150 valence electrons. The van der Waals surface area contributed by atoms with Gasteiger partial charge in [0.05, 0.1) is 19.8 Å². The third kappa shape index (κ3) is 5.43. The number of ether oxygens (including phenoxy) is 1. The number of hydrogen-bond donors (Lipinski definition) is 1. The first-order chi connectivity index (χ1) is 13.1. The van der Waals surface area contributed by atoms with E-state index in [0.717, 1.165) is 51.9 Å². The molecule has 27 heavy (non-hydrogen) atoms. The average Bonchev–Trinajstić information content (AvgIpc) is 2.71. The fraction of sp³-hybridized carbons (Fsp3) is 0.667. The van der Waals surface area contributed by atoms with Gasteiger partial charge in [0.2, 0.25) is 0 Å². The van der Waals surface area contributed by atoms with Gasteiger partial charge < -0.3 is 19.9 Å². The van der Waals surface area contributed by atoms with Crippen LogP contribution in [-0.4, -0.2) is 93.3 Å². The van der Waals surface area contributed by atoms with Crippen LogP contribution in [0.5, 0.6) is 0 Å². The van der Waals surface area contributed by atoms with E-state index < -0.39 is 0 Å². The van der Waals surface area contributed by atoms with Crippen molar-refractivity contribution in [1.82, 2.24) is 20.0 Å². The first-order valence-corrected chi connectivity index (χ1v) is 10.1. The number of guanidine groups is 1. The van der Waals surface area contributed by atoms with Crippen molar-refractivity contribution in [1.29, 1.82) is 0 Å². The molecule has 3 rings (SSSR count). The molecule has 2 heterocycles. The zero-order valence-corrected chi connectivity index (χ0v) is 17.2. The van der Waals surface area contributed by atoms with Crippen molar-refractivity contribution in [3.8, 4) is 0 Å². The molecule has 0 aliphatic carbocycles. The average molecular weight is 374 g/mol. The molecule has 0 radical (unpaired) electrons. The van der Waals surface area contributed by atoms with Crippen LogP contribution in [-0.2, 0) is 11.3 Å². The minimum atomic E-state index is 0.194. The van der Waals surface area contributed by atoms with Crippen LogP contribution in [0.25, 0.3) is 0 Å². The highest BCUT2D eigenvalue weighted by molar-refractivity contribution is 5.79. The summed E-state index contributed by atoms with van der Waals surface area (Å²) in [6.45, 7) is 7.70. The molecule has 6 nitrogen and oxygen atoms in total. The van der Waals surface area contributed by atoms with Crippen LogP contribution in [0.4, 0.5) is 0 Å². The van der Waals surface area contributed by atoms with Crippen LogP contribution < -0.4 is 5.32 Å². The molecule has 2 aliphatic rings. The largest absolute Gasteiger partial charge is 0.379 e. The number of rotatable bonds is 5. The van der Waals surface area contributed by atoms with E-state index in [2.05, 4.69) is 65.4 Å². The molecule has 1 N–H and O–H groups in total. The number of morpholine rings is 1. The Kier molecular flexibility index (Phi) is 7.10. The second kappa shape index (κ2) is 9.53. The summed E-state index contributed by atoms with van der Waals surface area (Å²) < 4.78 is 5.60. The van der Waals surface area contributed by atoms with Crippen LogP contribution in [0.15, 0.2) is 35.3 Å². The van der Waals surface area contributed by atoms with Gasteiger partial charge >= 0.3 is 0 Å². The van der Waals surface area contributed by atoms with Crippen molar-refractivity contribution in [2.45, 2.75) is 24.9 Å². The number of aliphatic imine (C=N–C) groups is 1. The molecule has 6 heteroatoms. The van der Waals surface area contributed by atoms with Crippen molar-refractivity contribution in [2.75, 3.05) is 67.1 Å². The second-order valence-electron chi connectivity index (χ2n) is 8.00. The fourth-order valence-electron chi connectivity index (χ4n) is 4.03. The van der Waals surface area contributed by atoms with Gasteiger partial charge in [0, 0.05) is 39.3 Å². The Morgan fingerprint density at radius 3 is 2.41 bits per heavy atom. The van der Waals surface area contributed by atoms with Crippen molar-refractivity contribution >= 4 is 5.96 Å². The molecule has 2 fully saturated rings. The number of likely N-dealkylation sites (tertiary alicyclic amines) is 1. The summed E-state index contributed by atoms with van der Waals surface area (Å²) in [4.78, 5) is 12.0. The number of nitrogens with zero attached hydrogens (tertiary/aromatic N) is 4. The Bertz CT molecular complexity index is 590. The van der Waals surface area contributed by atoms with Crippen LogP contribution in [0.2, 0.25) is 0 Å². The van der Waals surface area contributed by atoms with Crippen LogP contribution >= 0.6 is 0 Å². The maximum absolute atomic E-state index is 5.60. The molecule has 0 bridgehead atoms. The smallest absolute Gasteiger partial charge is 0.193 e. The molecule has 0 unspecified atom stereocenters. The van der Waals surface area contributed by atoms with Gasteiger partial charge in [-0.25, -0.2) is 4.99 Å². The van der Waals surface area contributed by atoms with E-state index in [4.69, 9.17) is 9.73 Å². The van der Waals surface area contributed by atoms with Crippen LogP contribution in [0.1, 0.15) is 18.4 Å². The number of hydrogen-bond acceptors (Lipinski definition) is 4. The van der Waals surface area contributed by atoms with Gasteiger partial charge in [-0.1, -0.05) is 30.3 Å². The monoisotopic (exact) mass is 373 g/mol. The first-order valence-electron chi connectivity index (χ1n) is 10.1. The summed E-state index contributed by atoms with van der Waals surface area (Å²) in [5.41, 5.74) is 1.43. The Hall–Kier alpha value is -1.63. The quantitative estimate of drug-likeness (QED) is 0.626. The summed E-state index contributed by atoms with van der Waals surface area (Å²) in [6, 6.07) is 10.4. The normalized spacial score (nSPS) is 21.8.